The molecule has 0 radical (unpaired) electrons. The monoisotopic (exact) mass is 402 g/mol. The number of hydrogen-bond acceptors (Lipinski definition) is 3. The molecule has 28 heavy (non-hydrogen) atoms. The van der Waals surface area contributed by atoms with Gasteiger partial charge in [-0.1, -0.05) is 44.2 Å². The minimum Gasteiger partial charge on any atom is -0.363 e. The molecule has 2 fully saturated rings. The molecule has 1 aromatic rings. The molecule has 2 aliphatic heterocycles. The van der Waals surface area contributed by atoms with Crippen LogP contribution in [0.2, 0.25) is 0 Å². The SMILES string of the molecule is CCCNC(=S)N1CCC2(CC1)N[C@H](Cc1ccccc1)C(=O)N2[C@H](C)CC. The fourth-order valence-electron chi connectivity index (χ4n) is 4.45. The Hall–Kier alpha value is -1.66. The maximum absolute atomic E-state index is 13.4. The van der Waals surface area contributed by atoms with E-state index in [9.17, 15) is 4.79 Å². The number of amides is 1. The van der Waals surface area contributed by atoms with Gasteiger partial charge in [-0.2, -0.15) is 0 Å². The highest BCUT2D eigenvalue weighted by Crippen LogP contribution is 2.35. The smallest absolute Gasteiger partial charge is 0.241 e. The molecule has 0 aromatic heterocycles. The van der Waals surface area contributed by atoms with Crippen LogP contribution in [0.4, 0.5) is 0 Å². The highest BCUT2D eigenvalue weighted by atomic mass is 32.1. The van der Waals surface area contributed by atoms with Gasteiger partial charge in [-0.3, -0.25) is 10.1 Å². The third-order valence-corrected chi connectivity index (χ3v) is 6.56. The topological polar surface area (TPSA) is 47.6 Å². The Bertz CT molecular complexity index is 672. The molecular weight excluding hydrogens is 368 g/mol. The van der Waals surface area contributed by atoms with Crippen molar-refractivity contribution in [3.05, 3.63) is 35.9 Å². The largest absolute Gasteiger partial charge is 0.363 e. The highest BCUT2D eigenvalue weighted by Gasteiger charge is 2.52. The van der Waals surface area contributed by atoms with E-state index in [4.69, 9.17) is 12.2 Å². The lowest BCUT2D eigenvalue weighted by Crippen LogP contribution is -2.62. The average molecular weight is 403 g/mol. The third-order valence-electron chi connectivity index (χ3n) is 6.16. The quantitative estimate of drug-likeness (QED) is 0.717. The van der Waals surface area contributed by atoms with E-state index >= 15 is 0 Å². The van der Waals surface area contributed by atoms with Crippen molar-refractivity contribution in [2.45, 2.75) is 70.6 Å². The summed E-state index contributed by atoms with van der Waals surface area (Å²) in [5.41, 5.74) is 0.958. The number of hydrogen-bond donors (Lipinski definition) is 2. The van der Waals surface area contributed by atoms with E-state index in [2.05, 4.69) is 53.3 Å². The minimum atomic E-state index is -0.247. The molecule has 0 unspecified atom stereocenters. The predicted octanol–water partition coefficient (Wildman–Crippen LogP) is 2.90. The van der Waals surface area contributed by atoms with Crippen molar-refractivity contribution in [2.24, 2.45) is 0 Å². The summed E-state index contributed by atoms with van der Waals surface area (Å²) in [5, 5.41) is 7.94. The van der Waals surface area contributed by atoms with Gasteiger partial charge >= 0.3 is 0 Å². The predicted molar refractivity (Wildman–Crippen MR) is 118 cm³/mol. The minimum absolute atomic E-state index is 0.145. The number of carbonyl (C=O) groups is 1. The molecule has 6 heteroatoms. The van der Waals surface area contributed by atoms with Gasteiger partial charge in [0, 0.05) is 38.5 Å². The Kier molecular flexibility index (Phi) is 6.94. The first kappa shape index (κ1) is 21.1. The maximum atomic E-state index is 13.4. The molecule has 1 spiro atoms. The van der Waals surface area contributed by atoms with E-state index in [1.54, 1.807) is 0 Å². The molecule has 0 bridgehead atoms. The van der Waals surface area contributed by atoms with Crippen LogP contribution in [0.15, 0.2) is 30.3 Å². The second-order valence-electron chi connectivity index (χ2n) is 8.10. The second-order valence-corrected chi connectivity index (χ2v) is 8.49. The van der Waals surface area contributed by atoms with Crippen molar-refractivity contribution in [1.82, 2.24) is 20.4 Å². The van der Waals surface area contributed by atoms with Crippen LogP contribution in [0, 0.1) is 0 Å². The lowest BCUT2D eigenvalue weighted by atomic mass is 9.94. The van der Waals surface area contributed by atoms with Crippen molar-refractivity contribution in [1.29, 1.82) is 0 Å². The van der Waals surface area contributed by atoms with Gasteiger partial charge in [-0.15, -0.1) is 0 Å². The molecule has 2 atom stereocenters. The number of carbonyl (C=O) groups excluding carboxylic acids is 1. The Labute approximate surface area is 174 Å². The van der Waals surface area contributed by atoms with Crippen LogP contribution in [0.1, 0.15) is 52.0 Å². The average Bonchev–Trinajstić information content (AvgIpc) is 2.97. The summed E-state index contributed by atoms with van der Waals surface area (Å²) in [6.07, 6.45) is 4.59. The van der Waals surface area contributed by atoms with Crippen LogP contribution in [0.5, 0.6) is 0 Å². The van der Waals surface area contributed by atoms with Gasteiger partial charge in [-0.25, -0.2) is 0 Å². The number of nitrogens with one attached hydrogen (secondary N) is 2. The van der Waals surface area contributed by atoms with Crippen LogP contribution in [0.3, 0.4) is 0 Å². The lowest BCUT2D eigenvalue weighted by molar-refractivity contribution is -0.136. The molecule has 2 heterocycles. The number of nitrogens with zero attached hydrogens (tertiary/aromatic N) is 2. The van der Waals surface area contributed by atoms with Crippen LogP contribution in [-0.4, -0.2) is 58.2 Å². The van der Waals surface area contributed by atoms with E-state index in [1.807, 2.05) is 18.2 Å². The summed E-state index contributed by atoms with van der Waals surface area (Å²) in [5.74, 6) is 0.248. The molecule has 3 rings (SSSR count). The Morgan fingerprint density at radius 3 is 2.57 bits per heavy atom. The van der Waals surface area contributed by atoms with Crippen molar-refractivity contribution < 1.29 is 4.79 Å². The first-order valence-corrected chi connectivity index (χ1v) is 11.1. The number of piperidine rings is 1. The Morgan fingerprint density at radius 2 is 1.96 bits per heavy atom. The van der Waals surface area contributed by atoms with Gasteiger partial charge < -0.3 is 15.1 Å². The maximum Gasteiger partial charge on any atom is 0.241 e. The van der Waals surface area contributed by atoms with Gasteiger partial charge in [0.25, 0.3) is 0 Å². The Balaban J connectivity index is 1.73. The van der Waals surface area contributed by atoms with E-state index in [0.717, 1.165) is 56.9 Å². The molecule has 2 aliphatic rings. The zero-order chi connectivity index (χ0) is 20.1. The van der Waals surface area contributed by atoms with E-state index in [-0.39, 0.29) is 23.7 Å². The summed E-state index contributed by atoms with van der Waals surface area (Å²) in [4.78, 5) is 17.8. The number of benzene rings is 1. The fraction of sp³-hybridized carbons (Fsp3) is 0.636. The van der Waals surface area contributed by atoms with E-state index in [0.29, 0.717) is 0 Å². The molecule has 1 aromatic carbocycles. The molecule has 0 saturated carbocycles. The Morgan fingerprint density at radius 1 is 1.29 bits per heavy atom. The first-order chi connectivity index (χ1) is 13.5. The number of thiocarbonyl (C=S) groups is 1. The molecule has 154 valence electrons. The lowest BCUT2D eigenvalue weighted by Gasteiger charge is -2.47. The van der Waals surface area contributed by atoms with Crippen LogP contribution >= 0.6 is 12.2 Å². The van der Waals surface area contributed by atoms with Gasteiger partial charge in [-0.05, 0) is 44.0 Å². The molecule has 1 amide bonds. The van der Waals surface area contributed by atoms with E-state index < -0.39 is 0 Å². The molecule has 5 nitrogen and oxygen atoms in total. The number of likely N-dealkylation sites (tertiary alicyclic amines) is 1. The van der Waals surface area contributed by atoms with Gasteiger partial charge in [0.05, 0.1) is 11.7 Å². The molecule has 0 aliphatic carbocycles. The van der Waals surface area contributed by atoms with Crippen molar-refractivity contribution >= 4 is 23.2 Å². The van der Waals surface area contributed by atoms with Gasteiger partial charge in [0.2, 0.25) is 5.91 Å². The van der Waals surface area contributed by atoms with Crippen molar-refractivity contribution in [2.75, 3.05) is 19.6 Å². The summed E-state index contributed by atoms with van der Waals surface area (Å²) >= 11 is 5.55. The van der Waals surface area contributed by atoms with Crippen LogP contribution in [-0.2, 0) is 11.2 Å². The summed E-state index contributed by atoms with van der Waals surface area (Å²) in [6.45, 7) is 9.14. The highest BCUT2D eigenvalue weighted by molar-refractivity contribution is 7.80. The van der Waals surface area contributed by atoms with Gasteiger partial charge in [0.15, 0.2) is 5.11 Å². The normalized spacial score (nSPS) is 22.5. The van der Waals surface area contributed by atoms with Crippen molar-refractivity contribution in [3.8, 4) is 0 Å². The zero-order valence-electron chi connectivity index (χ0n) is 17.4. The summed E-state index contributed by atoms with van der Waals surface area (Å²) in [6, 6.07) is 10.4. The standard InChI is InChI=1S/C22H34N4OS/c1-4-13-23-21(28)25-14-11-22(12-15-25)24-19(16-18-9-7-6-8-10-18)20(27)26(22)17(3)5-2/h6-10,17,19,24H,4-5,11-16H2,1-3H3,(H,23,28)/t17-,19-/m1/s1. The summed E-state index contributed by atoms with van der Waals surface area (Å²) in [7, 11) is 0. The van der Waals surface area contributed by atoms with Crippen LogP contribution < -0.4 is 10.6 Å². The molecular formula is C22H34N4OS. The second kappa shape index (κ2) is 9.23. The van der Waals surface area contributed by atoms with Crippen molar-refractivity contribution in [3.63, 3.8) is 0 Å². The fourth-order valence-corrected chi connectivity index (χ4v) is 4.74. The molecule has 2 saturated heterocycles. The third kappa shape index (κ3) is 4.33. The van der Waals surface area contributed by atoms with Gasteiger partial charge in [0.1, 0.15) is 0 Å². The zero-order valence-corrected chi connectivity index (χ0v) is 18.2. The van der Waals surface area contributed by atoms with E-state index in [1.165, 1.54) is 5.56 Å². The summed E-state index contributed by atoms with van der Waals surface area (Å²) < 4.78 is 0. The first-order valence-electron chi connectivity index (χ1n) is 10.7. The molecule has 2 N–H and O–H groups in total. The number of rotatable bonds is 6. The van der Waals surface area contributed by atoms with Crippen LogP contribution in [0.25, 0.3) is 0 Å².